The number of benzene rings is 1. The summed E-state index contributed by atoms with van der Waals surface area (Å²) in [7, 11) is 3.45. The third-order valence-electron chi connectivity index (χ3n) is 2.36. The molecule has 0 heterocycles. The summed E-state index contributed by atoms with van der Waals surface area (Å²) in [5.74, 6) is 0.688. The fourth-order valence-electron chi connectivity index (χ4n) is 1.31. The Morgan fingerprint density at radius 1 is 1.50 bits per heavy atom. The largest absolute Gasteiger partial charge is 0.494 e. The van der Waals surface area contributed by atoms with E-state index in [1.807, 2.05) is 6.07 Å². The highest BCUT2D eigenvalue weighted by Gasteiger charge is 2.04. The fraction of sp³-hybridized carbons (Fsp3) is 0.385. The maximum atomic E-state index is 11.3. The van der Waals surface area contributed by atoms with Crippen molar-refractivity contribution in [2.45, 2.75) is 12.8 Å². The topological polar surface area (TPSA) is 53.3 Å². The Labute approximate surface area is 112 Å². The van der Waals surface area contributed by atoms with Crippen LogP contribution in [0.4, 0.5) is 0 Å². The Hall–Kier alpha value is -1.73. The Kier molecular flexibility index (Phi) is 5.47. The first-order valence-corrected chi connectivity index (χ1v) is 5.95. The molecule has 1 amide bonds. The first-order chi connectivity index (χ1) is 8.54. The number of hydrogen-bond acceptors (Lipinski definition) is 3. The molecular weight excluding hydrogens is 252 g/mol. The molecule has 1 rings (SSSR count). The quantitative estimate of drug-likeness (QED) is 0.770. The first-order valence-electron chi connectivity index (χ1n) is 5.57. The predicted molar refractivity (Wildman–Crippen MR) is 69.6 cm³/mol. The zero-order chi connectivity index (χ0) is 13.5. The van der Waals surface area contributed by atoms with E-state index in [1.165, 1.54) is 0 Å². The van der Waals surface area contributed by atoms with E-state index in [0.717, 1.165) is 0 Å². The molecule has 1 aromatic rings. The molecule has 0 saturated heterocycles. The van der Waals surface area contributed by atoms with E-state index in [-0.39, 0.29) is 5.91 Å². The van der Waals surface area contributed by atoms with E-state index in [1.54, 1.807) is 37.2 Å². The van der Waals surface area contributed by atoms with Gasteiger partial charge in [-0.05, 0) is 18.6 Å². The lowest BCUT2D eigenvalue weighted by molar-refractivity contribution is -0.128. The van der Waals surface area contributed by atoms with Gasteiger partial charge >= 0.3 is 0 Å². The van der Waals surface area contributed by atoms with Gasteiger partial charge in [0.2, 0.25) is 5.91 Å². The Morgan fingerprint density at radius 3 is 2.78 bits per heavy atom. The van der Waals surface area contributed by atoms with Gasteiger partial charge in [-0.1, -0.05) is 11.6 Å². The van der Waals surface area contributed by atoms with E-state index in [2.05, 4.69) is 0 Å². The number of nitrogens with zero attached hydrogens (tertiary/aromatic N) is 2. The Balaban J connectivity index is 2.39. The molecule has 0 atom stereocenters. The number of carbonyl (C=O) groups excluding carboxylic acids is 1. The Morgan fingerprint density at radius 2 is 2.22 bits per heavy atom. The van der Waals surface area contributed by atoms with Crippen LogP contribution in [0.2, 0.25) is 5.02 Å². The van der Waals surface area contributed by atoms with Crippen molar-refractivity contribution in [1.29, 1.82) is 5.26 Å². The third-order valence-corrected chi connectivity index (χ3v) is 2.68. The van der Waals surface area contributed by atoms with Gasteiger partial charge < -0.3 is 9.64 Å². The van der Waals surface area contributed by atoms with Crippen molar-refractivity contribution in [2.24, 2.45) is 0 Å². The summed E-state index contributed by atoms with van der Waals surface area (Å²) >= 11 is 5.87. The SMILES string of the molecule is CN(C)C(=O)CCCOc1ccc(C#N)c(Cl)c1. The minimum Gasteiger partial charge on any atom is -0.494 e. The highest BCUT2D eigenvalue weighted by atomic mass is 35.5. The van der Waals surface area contributed by atoms with E-state index >= 15 is 0 Å². The van der Waals surface area contributed by atoms with Gasteiger partial charge in [0.25, 0.3) is 0 Å². The molecular formula is C13H15ClN2O2. The minimum absolute atomic E-state index is 0.0801. The van der Waals surface area contributed by atoms with Gasteiger partial charge in [0.05, 0.1) is 17.2 Å². The lowest BCUT2D eigenvalue weighted by Gasteiger charge is -2.10. The van der Waals surface area contributed by atoms with Crippen LogP contribution in [0.3, 0.4) is 0 Å². The summed E-state index contributed by atoms with van der Waals surface area (Å²) in [6.45, 7) is 0.446. The number of ether oxygens (including phenoxy) is 1. The summed E-state index contributed by atoms with van der Waals surface area (Å²) < 4.78 is 5.45. The van der Waals surface area contributed by atoms with Gasteiger partial charge in [-0.15, -0.1) is 0 Å². The van der Waals surface area contributed by atoms with E-state index in [0.29, 0.717) is 35.8 Å². The second kappa shape index (κ2) is 6.87. The number of hydrogen-bond donors (Lipinski definition) is 0. The molecule has 0 saturated carbocycles. The number of carbonyl (C=O) groups is 1. The number of halogens is 1. The lowest BCUT2D eigenvalue weighted by atomic mass is 10.2. The summed E-state index contributed by atoms with van der Waals surface area (Å²) in [5.41, 5.74) is 0.423. The monoisotopic (exact) mass is 266 g/mol. The average Bonchev–Trinajstić information content (AvgIpc) is 2.34. The van der Waals surface area contributed by atoms with Crippen LogP contribution < -0.4 is 4.74 Å². The Bertz CT molecular complexity index is 467. The standard InChI is InChI=1S/C13H15ClN2O2/c1-16(2)13(17)4-3-7-18-11-6-5-10(9-15)12(14)8-11/h5-6,8H,3-4,7H2,1-2H3. The van der Waals surface area contributed by atoms with Crippen LogP contribution in [-0.2, 0) is 4.79 Å². The van der Waals surface area contributed by atoms with Gasteiger partial charge in [0, 0.05) is 26.6 Å². The van der Waals surface area contributed by atoms with Crippen molar-refractivity contribution in [3.63, 3.8) is 0 Å². The molecule has 5 heteroatoms. The third kappa shape index (κ3) is 4.27. The van der Waals surface area contributed by atoms with E-state index < -0.39 is 0 Å². The molecule has 4 nitrogen and oxygen atoms in total. The molecule has 0 radical (unpaired) electrons. The second-order valence-corrected chi connectivity index (χ2v) is 4.40. The number of amides is 1. The smallest absolute Gasteiger partial charge is 0.222 e. The summed E-state index contributed by atoms with van der Waals surface area (Å²) in [4.78, 5) is 12.9. The minimum atomic E-state index is 0.0801. The van der Waals surface area contributed by atoms with Crippen molar-refractivity contribution in [1.82, 2.24) is 4.90 Å². The van der Waals surface area contributed by atoms with Crippen LogP contribution in [0.1, 0.15) is 18.4 Å². The van der Waals surface area contributed by atoms with Gasteiger partial charge in [-0.3, -0.25) is 4.79 Å². The van der Waals surface area contributed by atoms with Gasteiger partial charge in [0.15, 0.2) is 0 Å². The summed E-state index contributed by atoms with van der Waals surface area (Å²) in [6.07, 6.45) is 1.10. The zero-order valence-corrected chi connectivity index (χ0v) is 11.2. The van der Waals surface area contributed by atoms with Crippen LogP contribution in [0.5, 0.6) is 5.75 Å². The van der Waals surface area contributed by atoms with Crippen LogP contribution in [0.15, 0.2) is 18.2 Å². The molecule has 1 aromatic carbocycles. The highest BCUT2D eigenvalue weighted by molar-refractivity contribution is 6.31. The normalized spacial score (nSPS) is 9.67. The van der Waals surface area contributed by atoms with Gasteiger partial charge in [0.1, 0.15) is 11.8 Å². The van der Waals surface area contributed by atoms with Gasteiger partial charge in [-0.2, -0.15) is 5.26 Å². The van der Waals surface area contributed by atoms with Crippen molar-refractivity contribution >= 4 is 17.5 Å². The van der Waals surface area contributed by atoms with Crippen LogP contribution in [0.25, 0.3) is 0 Å². The molecule has 0 aliphatic heterocycles. The molecule has 0 aliphatic carbocycles. The summed E-state index contributed by atoms with van der Waals surface area (Å²) in [6, 6.07) is 6.89. The maximum Gasteiger partial charge on any atom is 0.222 e. The molecule has 96 valence electrons. The van der Waals surface area contributed by atoms with Crippen molar-refractivity contribution < 1.29 is 9.53 Å². The predicted octanol–water partition coefficient (Wildman–Crippen LogP) is 2.46. The van der Waals surface area contributed by atoms with Crippen molar-refractivity contribution in [3.8, 4) is 11.8 Å². The fourth-order valence-corrected chi connectivity index (χ4v) is 1.53. The van der Waals surface area contributed by atoms with Crippen molar-refractivity contribution in [2.75, 3.05) is 20.7 Å². The molecule has 0 aromatic heterocycles. The highest BCUT2D eigenvalue weighted by Crippen LogP contribution is 2.21. The molecule has 0 aliphatic rings. The second-order valence-electron chi connectivity index (χ2n) is 3.99. The van der Waals surface area contributed by atoms with Gasteiger partial charge in [-0.25, -0.2) is 0 Å². The molecule has 0 unspecified atom stereocenters. The van der Waals surface area contributed by atoms with E-state index in [4.69, 9.17) is 21.6 Å². The zero-order valence-electron chi connectivity index (χ0n) is 10.4. The van der Waals surface area contributed by atoms with E-state index in [9.17, 15) is 4.79 Å². The molecule has 0 N–H and O–H groups in total. The molecule has 0 bridgehead atoms. The molecule has 18 heavy (non-hydrogen) atoms. The molecule has 0 spiro atoms. The molecule has 0 fully saturated rings. The number of nitriles is 1. The number of rotatable bonds is 5. The first kappa shape index (κ1) is 14.3. The van der Waals surface area contributed by atoms with Crippen LogP contribution in [0, 0.1) is 11.3 Å². The van der Waals surface area contributed by atoms with Crippen LogP contribution in [-0.4, -0.2) is 31.5 Å². The lowest BCUT2D eigenvalue weighted by Crippen LogP contribution is -2.21. The average molecular weight is 267 g/mol. The summed E-state index contributed by atoms with van der Waals surface area (Å²) in [5, 5.41) is 9.09. The van der Waals surface area contributed by atoms with Crippen molar-refractivity contribution in [3.05, 3.63) is 28.8 Å². The maximum absolute atomic E-state index is 11.3. The van der Waals surface area contributed by atoms with Crippen LogP contribution >= 0.6 is 11.6 Å².